The molecule has 2 unspecified atom stereocenters. The number of amides is 1. The molecule has 84 valence electrons. The molecule has 0 aliphatic carbocycles. The molecule has 2 fully saturated rings. The maximum atomic E-state index is 12.0. The lowest BCUT2D eigenvalue weighted by molar-refractivity contribution is -0.149. The van der Waals surface area contributed by atoms with Gasteiger partial charge < -0.3 is 15.3 Å². The van der Waals surface area contributed by atoms with Crippen LogP contribution in [0.25, 0.3) is 0 Å². The van der Waals surface area contributed by atoms with Crippen LogP contribution in [0, 0.1) is 5.92 Å². The van der Waals surface area contributed by atoms with E-state index in [9.17, 15) is 9.59 Å². The van der Waals surface area contributed by atoms with Crippen molar-refractivity contribution in [2.45, 2.75) is 12.5 Å². The largest absolute Gasteiger partial charge is 0.480 e. The van der Waals surface area contributed by atoms with Crippen LogP contribution in [0.2, 0.25) is 0 Å². The monoisotopic (exact) mass is 230 g/mol. The fraction of sp³-hybridized carbons (Fsp3) is 0.778. The molecule has 2 saturated heterocycles. The van der Waals surface area contributed by atoms with E-state index in [0.29, 0.717) is 18.2 Å². The number of rotatable bonds is 2. The molecule has 0 aromatic rings. The standard InChI is InChI=1S/C9H14N2O3S/c12-8(6-1-2-10-3-6)11-5-15-4-7(11)9(13)14/h6-7,10H,1-5H2,(H,13,14). The lowest BCUT2D eigenvalue weighted by atomic mass is 10.1. The van der Waals surface area contributed by atoms with Crippen LogP contribution in [-0.4, -0.2) is 52.6 Å². The molecule has 5 nitrogen and oxygen atoms in total. The van der Waals surface area contributed by atoms with E-state index in [2.05, 4.69) is 5.32 Å². The van der Waals surface area contributed by atoms with Gasteiger partial charge in [-0.3, -0.25) is 4.79 Å². The zero-order valence-electron chi connectivity index (χ0n) is 8.31. The van der Waals surface area contributed by atoms with Gasteiger partial charge in [0.05, 0.1) is 11.8 Å². The first-order chi connectivity index (χ1) is 7.20. The molecule has 0 aromatic heterocycles. The first kappa shape index (κ1) is 10.8. The number of hydrogen-bond donors (Lipinski definition) is 2. The lowest BCUT2D eigenvalue weighted by Gasteiger charge is -2.23. The average Bonchev–Trinajstić information content (AvgIpc) is 2.88. The quantitative estimate of drug-likeness (QED) is 0.674. The first-order valence-electron chi connectivity index (χ1n) is 5.02. The molecule has 15 heavy (non-hydrogen) atoms. The molecule has 0 saturated carbocycles. The number of nitrogens with one attached hydrogen (secondary N) is 1. The van der Waals surface area contributed by atoms with Gasteiger partial charge >= 0.3 is 5.97 Å². The molecule has 2 aliphatic heterocycles. The highest BCUT2D eigenvalue weighted by atomic mass is 32.2. The van der Waals surface area contributed by atoms with E-state index in [1.165, 1.54) is 16.7 Å². The normalized spacial score (nSPS) is 30.8. The van der Waals surface area contributed by atoms with Crippen molar-refractivity contribution >= 4 is 23.6 Å². The van der Waals surface area contributed by atoms with Gasteiger partial charge in [0, 0.05) is 12.3 Å². The Morgan fingerprint density at radius 2 is 2.27 bits per heavy atom. The Labute approximate surface area is 92.2 Å². The Bertz CT molecular complexity index is 279. The molecule has 2 rings (SSSR count). The van der Waals surface area contributed by atoms with E-state index in [1.54, 1.807) is 0 Å². The molecule has 6 heteroatoms. The van der Waals surface area contributed by atoms with E-state index in [1.807, 2.05) is 0 Å². The van der Waals surface area contributed by atoms with Crippen molar-refractivity contribution < 1.29 is 14.7 Å². The molecule has 2 N–H and O–H groups in total. The van der Waals surface area contributed by atoms with Crippen molar-refractivity contribution in [3.05, 3.63) is 0 Å². The van der Waals surface area contributed by atoms with Crippen LogP contribution in [0.15, 0.2) is 0 Å². The maximum Gasteiger partial charge on any atom is 0.327 e. The number of carboxylic acids is 1. The van der Waals surface area contributed by atoms with Crippen LogP contribution in [0.4, 0.5) is 0 Å². The minimum absolute atomic E-state index is 0.00241. The highest BCUT2D eigenvalue weighted by molar-refractivity contribution is 7.99. The fourth-order valence-electron chi connectivity index (χ4n) is 1.96. The summed E-state index contributed by atoms with van der Waals surface area (Å²) in [7, 11) is 0. The van der Waals surface area contributed by atoms with Crippen molar-refractivity contribution in [3.63, 3.8) is 0 Å². The smallest absolute Gasteiger partial charge is 0.327 e. The highest BCUT2D eigenvalue weighted by Crippen LogP contribution is 2.24. The van der Waals surface area contributed by atoms with Gasteiger partial charge in [0.2, 0.25) is 5.91 Å². The van der Waals surface area contributed by atoms with Crippen LogP contribution in [-0.2, 0) is 9.59 Å². The molecule has 2 aliphatic rings. The molecule has 2 atom stereocenters. The molecule has 0 radical (unpaired) electrons. The number of carboxylic acid groups (broad SMARTS) is 1. The zero-order valence-corrected chi connectivity index (χ0v) is 9.13. The van der Waals surface area contributed by atoms with Gasteiger partial charge in [0.15, 0.2) is 0 Å². The van der Waals surface area contributed by atoms with Crippen LogP contribution in [0.3, 0.4) is 0 Å². The van der Waals surface area contributed by atoms with Crippen molar-refractivity contribution in [1.82, 2.24) is 10.2 Å². The van der Waals surface area contributed by atoms with E-state index < -0.39 is 12.0 Å². The summed E-state index contributed by atoms with van der Waals surface area (Å²) < 4.78 is 0. The zero-order chi connectivity index (χ0) is 10.8. The van der Waals surface area contributed by atoms with Crippen molar-refractivity contribution in [1.29, 1.82) is 0 Å². The Morgan fingerprint density at radius 3 is 2.87 bits per heavy atom. The average molecular weight is 230 g/mol. The molecular weight excluding hydrogens is 216 g/mol. The predicted octanol–water partition coefficient (Wildman–Crippen LogP) is -0.418. The number of hydrogen-bond acceptors (Lipinski definition) is 4. The van der Waals surface area contributed by atoms with Crippen molar-refractivity contribution in [2.24, 2.45) is 5.92 Å². The fourth-order valence-corrected chi connectivity index (χ4v) is 3.12. The first-order valence-corrected chi connectivity index (χ1v) is 6.17. The summed E-state index contributed by atoms with van der Waals surface area (Å²) >= 11 is 1.51. The molecule has 0 spiro atoms. The van der Waals surface area contributed by atoms with Crippen LogP contribution in [0.1, 0.15) is 6.42 Å². The van der Waals surface area contributed by atoms with Crippen molar-refractivity contribution in [2.75, 3.05) is 24.7 Å². The van der Waals surface area contributed by atoms with Crippen LogP contribution >= 0.6 is 11.8 Å². The Hall–Kier alpha value is -0.750. The summed E-state index contributed by atoms with van der Waals surface area (Å²) in [5.74, 6) is 0.121. The number of thioether (sulfide) groups is 1. The summed E-state index contributed by atoms with van der Waals surface area (Å²) in [6.45, 7) is 1.54. The van der Waals surface area contributed by atoms with Crippen molar-refractivity contribution in [3.8, 4) is 0 Å². The third kappa shape index (κ3) is 2.10. The second-order valence-corrected chi connectivity index (χ2v) is 4.85. The number of carbonyl (C=O) groups excluding carboxylic acids is 1. The highest BCUT2D eigenvalue weighted by Gasteiger charge is 2.38. The SMILES string of the molecule is O=C(O)C1CSCN1C(=O)C1CCNC1. The van der Waals surface area contributed by atoms with Crippen LogP contribution in [0.5, 0.6) is 0 Å². The Morgan fingerprint density at radius 1 is 1.47 bits per heavy atom. The second-order valence-electron chi connectivity index (χ2n) is 3.85. The second kappa shape index (κ2) is 4.40. The van der Waals surface area contributed by atoms with Crippen LogP contribution < -0.4 is 5.32 Å². The summed E-state index contributed by atoms with van der Waals surface area (Å²) in [5, 5.41) is 12.1. The number of carbonyl (C=O) groups is 2. The number of nitrogens with zero attached hydrogens (tertiary/aromatic N) is 1. The maximum absolute atomic E-state index is 12.0. The summed E-state index contributed by atoms with van der Waals surface area (Å²) in [4.78, 5) is 24.4. The number of aliphatic carboxylic acids is 1. The van der Waals surface area contributed by atoms with E-state index in [0.717, 1.165) is 13.0 Å². The molecule has 0 aromatic carbocycles. The summed E-state index contributed by atoms with van der Waals surface area (Å²) in [6, 6.07) is -0.622. The van der Waals surface area contributed by atoms with Gasteiger partial charge in [-0.05, 0) is 13.0 Å². The lowest BCUT2D eigenvalue weighted by Crippen LogP contribution is -2.45. The van der Waals surface area contributed by atoms with Gasteiger partial charge in [-0.25, -0.2) is 4.79 Å². The van der Waals surface area contributed by atoms with Gasteiger partial charge in [0.1, 0.15) is 6.04 Å². The van der Waals surface area contributed by atoms with E-state index >= 15 is 0 Å². The predicted molar refractivity (Wildman–Crippen MR) is 56.6 cm³/mol. The third-order valence-electron chi connectivity index (χ3n) is 2.86. The van der Waals surface area contributed by atoms with Gasteiger partial charge in [0.25, 0.3) is 0 Å². The van der Waals surface area contributed by atoms with E-state index in [-0.39, 0.29) is 11.8 Å². The topological polar surface area (TPSA) is 69.6 Å². The summed E-state index contributed by atoms with van der Waals surface area (Å²) in [6.07, 6.45) is 0.826. The van der Waals surface area contributed by atoms with Gasteiger partial charge in [-0.1, -0.05) is 0 Å². The minimum atomic E-state index is -0.890. The molecular formula is C9H14N2O3S. The Kier molecular flexibility index (Phi) is 3.16. The minimum Gasteiger partial charge on any atom is -0.480 e. The third-order valence-corrected chi connectivity index (χ3v) is 3.87. The molecule has 1 amide bonds. The van der Waals surface area contributed by atoms with Gasteiger partial charge in [-0.2, -0.15) is 0 Å². The van der Waals surface area contributed by atoms with Gasteiger partial charge in [-0.15, -0.1) is 11.8 Å². The molecule has 0 bridgehead atoms. The Balaban J connectivity index is 2.02. The molecule has 2 heterocycles. The summed E-state index contributed by atoms with van der Waals surface area (Å²) in [5.41, 5.74) is 0. The van der Waals surface area contributed by atoms with E-state index in [4.69, 9.17) is 5.11 Å².